The Bertz CT molecular complexity index is 1610. The zero-order valence-electron chi connectivity index (χ0n) is 21.7. The molecule has 6 rings (SSSR count). The lowest BCUT2D eigenvalue weighted by Gasteiger charge is -2.34. The molecular formula is C27H30N10O. The third-order valence-electron chi connectivity index (χ3n) is 6.79. The number of carbonyl (C=O) groups is 1. The summed E-state index contributed by atoms with van der Waals surface area (Å²) < 4.78 is 0. The smallest absolute Gasteiger partial charge is 0.238 e. The number of anilines is 2. The van der Waals surface area contributed by atoms with Crippen LogP contribution < -0.4 is 10.2 Å². The molecular weight excluding hydrogens is 480 g/mol. The van der Waals surface area contributed by atoms with Crippen LogP contribution in [0, 0.1) is 0 Å². The zero-order valence-corrected chi connectivity index (χ0v) is 21.7. The minimum absolute atomic E-state index is 0.0992. The minimum atomic E-state index is -0.0992. The molecule has 0 radical (unpaired) electrons. The van der Waals surface area contributed by atoms with Crippen molar-refractivity contribution in [3.05, 3.63) is 48.9 Å². The number of piperazine rings is 1. The molecule has 0 saturated carbocycles. The number of hydrogen-bond donors (Lipinski definition) is 3. The van der Waals surface area contributed by atoms with Gasteiger partial charge >= 0.3 is 0 Å². The molecule has 3 N–H and O–H groups in total. The number of pyridine rings is 3. The Hall–Kier alpha value is -4.35. The van der Waals surface area contributed by atoms with Crippen molar-refractivity contribution in [1.82, 2.24) is 39.9 Å². The predicted molar refractivity (Wildman–Crippen MR) is 149 cm³/mol. The van der Waals surface area contributed by atoms with Gasteiger partial charge in [0.2, 0.25) is 5.91 Å². The Morgan fingerprint density at radius 1 is 1.11 bits per heavy atom. The van der Waals surface area contributed by atoms with Gasteiger partial charge in [0.1, 0.15) is 16.9 Å². The number of aromatic amines is 2. The average molecular weight is 511 g/mol. The van der Waals surface area contributed by atoms with Gasteiger partial charge in [-0.3, -0.25) is 14.9 Å². The maximum Gasteiger partial charge on any atom is 0.238 e. The molecule has 0 aromatic carbocycles. The van der Waals surface area contributed by atoms with Gasteiger partial charge in [-0.1, -0.05) is 0 Å². The maximum atomic E-state index is 12.2. The van der Waals surface area contributed by atoms with Gasteiger partial charge in [0.05, 0.1) is 35.3 Å². The van der Waals surface area contributed by atoms with E-state index in [0.717, 1.165) is 70.9 Å². The van der Waals surface area contributed by atoms with Gasteiger partial charge in [0, 0.05) is 55.2 Å². The molecule has 0 aliphatic carbocycles. The van der Waals surface area contributed by atoms with Crippen molar-refractivity contribution >= 4 is 39.3 Å². The van der Waals surface area contributed by atoms with Crippen LogP contribution in [0.4, 0.5) is 11.4 Å². The Labute approximate surface area is 219 Å². The van der Waals surface area contributed by atoms with E-state index in [9.17, 15) is 4.79 Å². The highest BCUT2D eigenvalue weighted by Gasteiger charge is 2.20. The fourth-order valence-corrected chi connectivity index (χ4v) is 4.85. The molecule has 1 aliphatic heterocycles. The molecule has 0 bridgehead atoms. The van der Waals surface area contributed by atoms with Gasteiger partial charge in [0.15, 0.2) is 0 Å². The summed E-state index contributed by atoms with van der Waals surface area (Å²) in [6.45, 7) is 4.33. The summed E-state index contributed by atoms with van der Waals surface area (Å²) in [6, 6.07) is 9.96. The Morgan fingerprint density at radius 2 is 1.95 bits per heavy atom. The molecule has 0 spiro atoms. The lowest BCUT2D eigenvalue weighted by Crippen LogP contribution is -2.44. The van der Waals surface area contributed by atoms with E-state index in [1.807, 2.05) is 43.4 Å². The van der Waals surface area contributed by atoms with E-state index in [4.69, 9.17) is 4.98 Å². The topological polar surface area (TPSA) is 122 Å². The van der Waals surface area contributed by atoms with Crippen LogP contribution in [-0.2, 0) is 4.79 Å². The van der Waals surface area contributed by atoms with Crippen molar-refractivity contribution in [2.45, 2.75) is 0 Å². The monoisotopic (exact) mass is 510 g/mol. The Kier molecular flexibility index (Phi) is 6.22. The van der Waals surface area contributed by atoms with Gasteiger partial charge in [-0.2, -0.15) is 5.10 Å². The number of fused-ring (bicyclic) bond motifs is 2. The molecule has 0 unspecified atom stereocenters. The Morgan fingerprint density at radius 3 is 2.76 bits per heavy atom. The molecule has 5 aromatic heterocycles. The van der Waals surface area contributed by atoms with Crippen LogP contribution in [0.1, 0.15) is 0 Å². The largest absolute Gasteiger partial charge is 0.368 e. The quantitative estimate of drug-likeness (QED) is 0.319. The fraction of sp³-hybridized carbons (Fsp3) is 0.296. The van der Waals surface area contributed by atoms with Crippen LogP contribution in [-0.4, -0.2) is 99.7 Å². The minimum Gasteiger partial charge on any atom is -0.368 e. The molecule has 11 heteroatoms. The number of H-pyrrole nitrogens is 2. The van der Waals surface area contributed by atoms with Crippen LogP contribution in [0.2, 0.25) is 0 Å². The predicted octanol–water partition coefficient (Wildman–Crippen LogP) is 2.82. The molecule has 6 heterocycles. The third kappa shape index (κ3) is 4.69. The first-order valence-corrected chi connectivity index (χ1v) is 12.6. The van der Waals surface area contributed by atoms with Crippen molar-refractivity contribution in [2.24, 2.45) is 0 Å². The summed E-state index contributed by atoms with van der Waals surface area (Å²) >= 11 is 0. The lowest BCUT2D eigenvalue weighted by molar-refractivity contribution is -0.116. The van der Waals surface area contributed by atoms with Gasteiger partial charge < -0.3 is 25.0 Å². The molecule has 1 saturated heterocycles. The molecule has 0 atom stereocenters. The number of rotatable bonds is 6. The maximum absolute atomic E-state index is 12.2. The first kappa shape index (κ1) is 24.0. The molecule has 5 aromatic rings. The van der Waals surface area contributed by atoms with Crippen LogP contribution in [0.15, 0.2) is 48.9 Å². The number of carbonyl (C=O) groups excluding carboxylic acids is 1. The zero-order chi connectivity index (χ0) is 26.2. The number of aromatic nitrogens is 6. The molecule has 11 nitrogen and oxygen atoms in total. The SMILES string of the molecule is CN(C)CC(=O)Nc1cncc(-c2ccc3[nH]nc(-c4cc5c(N6CCN(C)CC6)ccnc5[nH]4)c3n2)c1. The van der Waals surface area contributed by atoms with Crippen LogP contribution in [0.25, 0.3) is 44.7 Å². The first-order valence-electron chi connectivity index (χ1n) is 12.6. The van der Waals surface area contributed by atoms with Crippen molar-refractivity contribution in [3.63, 3.8) is 0 Å². The molecule has 38 heavy (non-hydrogen) atoms. The summed E-state index contributed by atoms with van der Waals surface area (Å²) in [4.78, 5) is 36.1. The number of hydrogen-bond acceptors (Lipinski definition) is 8. The van der Waals surface area contributed by atoms with E-state index < -0.39 is 0 Å². The fourth-order valence-electron chi connectivity index (χ4n) is 4.85. The molecule has 194 valence electrons. The van der Waals surface area contributed by atoms with E-state index in [-0.39, 0.29) is 5.91 Å². The van der Waals surface area contributed by atoms with E-state index in [1.165, 1.54) is 5.69 Å². The van der Waals surface area contributed by atoms with Gasteiger partial charge in [-0.25, -0.2) is 9.97 Å². The number of nitrogens with zero attached hydrogens (tertiary/aromatic N) is 7. The third-order valence-corrected chi connectivity index (χ3v) is 6.79. The molecule has 1 amide bonds. The number of amides is 1. The van der Waals surface area contributed by atoms with Crippen LogP contribution >= 0.6 is 0 Å². The van der Waals surface area contributed by atoms with E-state index in [0.29, 0.717) is 12.2 Å². The number of likely N-dealkylation sites (N-methyl/N-ethyl adjacent to an activating group) is 2. The highest BCUT2D eigenvalue weighted by Crippen LogP contribution is 2.33. The van der Waals surface area contributed by atoms with E-state index in [1.54, 1.807) is 12.4 Å². The Balaban J connectivity index is 1.34. The summed E-state index contributed by atoms with van der Waals surface area (Å²) in [6.07, 6.45) is 5.23. The van der Waals surface area contributed by atoms with Crippen molar-refractivity contribution in [2.75, 3.05) is 64.1 Å². The highest BCUT2D eigenvalue weighted by molar-refractivity contribution is 5.98. The van der Waals surface area contributed by atoms with E-state index in [2.05, 4.69) is 59.4 Å². The summed E-state index contributed by atoms with van der Waals surface area (Å²) in [5.41, 5.74) is 7.34. The number of nitrogens with one attached hydrogen (secondary N) is 3. The first-order chi connectivity index (χ1) is 18.4. The highest BCUT2D eigenvalue weighted by atomic mass is 16.2. The van der Waals surface area contributed by atoms with Gasteiger partial charge in [-0.05, 0) is 51.5 Å². The lowest BCUT2D eigenvalue weighted by atomic mass is 10.1. The second-order valence-corrected chi connectivity index (χ2v) is 9.98. The second kappa shape index (κ2) is 9.84. The summed E-state index contributed by atoms with van der Waals surface area (Å²) in [5.74, 6) is -0.0992. The normalized spacial score (nSPS) is 14.6. The van der Waals surface area contributed by atoms with Crippen molar-refractivity contribution in [3.8, 4) is 22.6 Å². The van der Waals surface area contributed by atoms with Crippen LogP contribution in [0.5, 0.6) is 0 Å². The van der Waals surface area contributed by atoms with Crippen molar-refractivity contribution in [1.29, 1.82) is 0 Å². The average Bonchev–Trinajstić information content (AvgIpc) is 3.52. The summed E-state index contributed by atoms with van der Waals surface area (Å²) in [5, 5.41) is 11.7. The second-order valence-electron chi connectivity index (χ2n) is 9.98. The van der Waals surface area contributed by atoms with E-state index >= 15 is 0 Å². The van der Waals surface area contributed by atoms with Gasteiger partial charge in [0.25, 0.3) is 0 Å². The molecule has 1 fully saturated rings. The summed E-state index contributed by atoms with van der Waals surface area (Å²) in [7, 11) is 5.87. The van der Waals surface area contributed by atoms with Crippen LogP contribution in [0.3, 0.4) is 0 Å². The van der Waals surface area contributed by atoms with Crippen molar-refractivity contribution < 1.29 is 4.79 Å². The van der Waals surface area contributed by atoms with Gasteiger partial charge in [-0.15, -0.1) is 0 Å². The molecule has 1 aliphatic rings. The standard InChI is InChI=1S/C27H30N10O/c1-35(2)16-24(38)30-18-12-17(14-28-15-18)20-4-5-21-25(31-20)26(34-33-21)22-13-19-23(6-7-29-27(19)32-22)37-10-8-36(3)9-11-37/h4-7,12-15H,8-11,16H2,1-3H3,(H,29,32)(H,30,38)(H,33,34).